The lowest BCUT2D eigenvalue weighted by Gasteiger charge is -2.26. The molecule has 2 aromatic carbocycles. The van der Waals surface area contributed by atoms with Gasteiger partial charge in [0.1, 0.15) is 18.1 Å². The van der Waals surface area contributed by atoms with E-state index in [-0.39, 0.29) is 17.2 Å². The van der Waals surface area contributed by atoms with Crippen LogP contribution in [0.1, 0.15) is 53.7 Å². The van der Waals surface area contributed by atoms with Gasteiger partial charge in [-0.3, -0.25) is 9.69 Å². The van der Waals surface area contributed by atoms with Gasteiger partial charge >= 0.3 is 0 Å². The number of ether oxygens (including phenoxy) is 2. The average molecular weight is 481 g/mol. The van der Waals surface area contributed by atoms with Crippen molar-refractivity contribution in [1.82, 2.24) is 9.80 Å². The van der Waals surface area contributed by atoms with Crippen LogP contribution in [0, 0.1) is 11.3 Å². The van der Waals surface area contributed by atoms with Crippen molar-refractivity contribution >= 4 is 17.3 Å². The third kappa shape index (κ3) is 6.13. The first-order valence-corrected chi connectivity index (χ1v) is 12.4. The van der Waals surface area contributed by atoms with Crippen LogP contribution in [0.25, 0.3) is 0 Å². The Bertz CT molecular complexity index is 1080. The number of morpholine rings is 1. The summed E-state index contributed by atoms with van der Waals surface area (Å²) >= 11 is 0. The fourth-order valence-electron chi connectivity index (χ4n) is 4.50. The summed E-state index contributed by atoms with van der Waals surface area (Å²) in [6, 6.07) is 8.90. The van der Waals surface area contributed by atoms with Gasteiger partial charge in [0, 0.05) is 55.8 Å². The van der Waals surface area contributed by atoms with Crippen LogP contribution in [0.15, 0.2) is 30.3 Å². The second-order valence-corrected chi connectivity index (χ2v) is 9.76. The SMILES string of the molecule is CC(C)CCC(=N)c1cc(C(=O)N2Cc3ccc(OCCN4CCOCC4)cc3C2)c(O)cc1N. The van der Waals surface area contributed by atoms with Gasteiger partial charge in [-0.2, -0.15) is 0 Å². The number of amides is 1. The predicted octanol–water partition coefficient (Wildman–Crippen LogP) is 3.65. The molecule has 8 heteroatoms. The summed E-state index contributed by atoms with van der Waals surface area (Å²) in [5.41, 5.74) is 9.58. The normalized spacial score (nSPS) is 15.9. The van der Waals surface area contributed by atoms with E-state index in [0.717, 1.165) is 56.1 Å². The van der Waals surface area contributed by atoms with E-state index >= 15 is 0 Å². The zero-order chi connectivity index (χ0) is 24.9. The number of hydrogen-bond donors (Lipinski definition) is 3. The molecule has 0 saturated carbocycles. The number of carbonyl (C=O) groups is 1. The second kappa shape index (κ2) is 11.1. The van der Waals surface area contributed by atoms with E-state index in [1.807, 2.05) is 18.2 Å². The number of nitrogen functional groups attached to an aromatic ring is 1. The molecule has 2 aliphatic heterocycles. The highest BCUT2D eigenvalue weighted by Crippen LogP contribution is 2.32. The summed E-state index contributed by atoms with van der Waals surface area (Å²) in [6.45, 7) is 9.98. The van der Waals surface area contributed by atoms with Gasteiger partial charge in [0.05, 0.1) is 18.8 Å². The zero-order valence-corrected chi connectivity index (χ0v) is 20.7. The van der Waals surface area contributed by atoms with Crippen LogP contribution in [0.5, 0.6) is 11.5 Å². The van der Waals surface area contributed by atoms with Gasteiger partial charge < -0.3 is 30.6 Å². The molecule has 4 N–H and O–H groups in total. The number of benzene rings is 2. The largest absolute Gasteiger partial charge is 0.507 e. The van der Waals surface area contributed by atoms with E-state index < -0.39 is 0 Å². The van der Waals surface area contributed by atoms with Gasteiger partial charge in [0.15, 0.2) is 0 Å². The lowest BCUT2D eigenvalue weighted by atomic mass is 9.97. The van der Waals surface area contributed by atoms with Crippen molar-refractivity contribution in [2.45, 2.75) is 39.8 Å². The number of carbonyl (C=O) groups excluding carboxylic acids is 1. The Morgan fingerprint density at radius 1 is 1.14 bits per heavy atom. The maximum absolute atomic E-state index is 13.3. The Morgan fingerprint density at radius 2 is 1.89 bits per heavy atom. The molecule has 1 fully saturated rings. The number of anilines is 1. The third-order valence-electron chi connectivity index (χ3n) is 6.66. The molecular weight excluding hydrogens is 444 g/mol. The Balaban J connectivity index is 1.40. The maximum Gasteiger partial charge on any atom is 0.258 e. The van der Waals surface area contributed by atoms with E-state index in [2.05, 4.69) is 18.7 Å². The number of phenols is 1. The van der Waals surface area contributed by atoms with Crippen LogP contribution in [-0.4, -0.2) is 66.0 Å². The molecule has 2 heterocycles. The van der Waals surface area contributed by atoms with E-state index in [4.69, 9.17) is 20.6 Å². The molecule has 0 radical (unpaired) electrons. The van der Waals surface area contributed by atoms with Gasteiger partial charge in [0.2, 0.25) is 0 Å². The minimum Gasteiger partial charge on any atom is -0.507 e. The molecule has 0 aromatic heterocycles. The number of hydrogen-bond acceptors (Lipinski definition) is 7. The minimum atomic E-state index is -0.272. The second-order valence-electron chi connectivity index (χ2n) is 9.76. The zero-order valence-electron chi connectivity index (χ0n) is 20.7. The van der Waals surface area contributed by atoms with E-state index in [0.29, 0.717) is 49.0 Å². The van der Waals surface area contributed by atoms with Crippen LogP contribution in [0.2, 0.25) is 0 Å². The molecule has 8 nitrogen and oxygen atoms in total. The Morgan fingerprint density at radius 3 is 2.63 bits per heavy atom. The topological polar surface area (TPSA) is 112 Å². The van der Waals surface area contributed by atoms with Gasteiger partial charge in [-0.15, -0.1) is 0 Å². The molecule has 0 unspecified atom stereocenters. The van der Waals surface area contributed by atoms with Crippen LogP contribution in [0.3, 0.4) is 0 Å². The van der Waals surface area contributed by atoms with Crippen molar-refractivity contribution in [1.29, 1.82) is 5.41 Å². The van der Waals surface area contributed by atoms with Crippen molar-refractivity contribution in [2.24, 2.45) is 5.92 Å². The molecule has 188 valence electrons. The molecule has 35 heavy (non-hydrogen) atoms. The van der Waals surface area contributed by atoms with Crippen molar-refractivity contribution in [3.63, 3.8) is 0 Å². The molecular formula is C27H36N4O4. The standard InChI is InChI=1S/C27H36N4O4/c1-18(2)3-6-24(28)22-14-23(26(32)15-25(22)29)27(33)31-16-19-4-5-21(13-20(19)17-31)35-12-9-30-7-10-34-11-8-30/h4-5,13-15,18,28,32H,3,6-12,16-17,29H2,1-2H3. The Labute approximate surface area is 207 Å². The number of rotatable bonds is 9. The van der Waals surface area contributed by atoms with Crippen molar-refractivity contribution in [3.8, 4) is 11.5 Å². The van der Waals surface area contributed by atoms with Gasteiger partial charge in [-0.1, -0.05) is 19.9 Å². The third-order valence-corrected chi connectivity index (χ3v) is 6.66. The van der Waals surface area contributed by atoms with Crippen molar-refractivity contribution in [2.75, 3.05) is 45.2 Å². The molecule has 0 atom stereocenters. The Hall–Kier alpha value is -3.10. The number of aromatic hydroxyl groups is 1. The molecule has 1 saturated heterocycles. The van der Waals surface area contributed by atoms with E-state index in [1.54, 1.807) is 11.0 Å². The number of nitrogens with zero attached hydrogens (tertiary/aromatic N) is 2. The molecule has 0 spiro atoms. The smallest absolute Gasteiger partial charge is 0.258 e. The predicted molar refractivity (Wildman–Crippen MR) is 136 cm³/mol. The molecule has 2 aromatic rings. The molecule has 2 aliphatic rings. The molecule has 4 rings (SSSR count). The first-order valence-electron chi connectivity index (χ1n) is 12.4. The van der Waals surface area contributed by atoms with Crippen LogP contribution >= 0.6 is 0 Å². The monoisotopic (exact) mass is 480 g/mol. The lowest BCUT2D eigenvalue weighted by Crippen LogP contribution is -2.38. The summed E-state index contributed by atoms with van der Waals surface area (Å²) in [5, 5.41) is 18.9. The summed E-state index contributed by atoms with van der Waals surface area (Å²) < 4.78 is 11.3. The highest BCUT2D eigenvalue weighted by molar-refractivity contribution is 6.06. The number of nitrogens with two attached hydrogens (primary N) is 1. The maximum atomic E-state index is 13.3. The highest BCUT2D eigenvalue weighted by Gasteiger charge is 2.27. The highest BCUT2D eigenvalue weighted by atomic mass is 16.5. The van der Waals surface area contributed by atoms with Crippen LogP contribution in [0.4, 0.5) is 5.69 Å². The first kappa shape index (κ1) is 25.0. The molecule has 1 amide bonds. The Kier molecular flexibility index (Phi) is 7.93. The van der Waals surface area contributed by atoms with Crippen LogP contribution in [-0.2, 0) is 17.8 Å². The summed E-state index contributed by atoms with van der Waals surface area (Å²) in [7, 11) is 0. The van der Waals surface area contributed by atoms with Gasteiger partial charge in [-0.05, 0) is 48.1 Å². The van der Waals surface area contributed by atoms with E-state index in [9.17, 15) is 9.90 Å². The fourth-order valence-corrected chi connectivity index (χ4v) is 4.50. The fraction of sp³-hybridized carbons (Fsp3) is 0.481. The summed E-state index contributed by atoms with van der Waals surface area (Å²) in [4.78, 5) is 17.4. The number of phenolic OH excluding ortho intramolecular Hbond substituents is 1. The van der Waals surface area contributed by atoms with Crippen LogP contribution < -0.4 is 10.5 Å². The van der Waals surface area contributed by atoms with Gasteiger partial charge in [-0.25, -0.2) is 0 Å². The summed E-state index contributed by atoms with van der Waals surface area (Å²) in [5.74, 6) is 0.830. The molecule has 0 bridgehead atoms. The lowest BCUT2D eigenvalue weighted by molar-refractivity contribution is 0.0322. The van der Waals surface area contributed by atoms with Gasteiger partial charge in [0.25, 0.3) is 5.91 Å². The van der Waals surface area contributed by atoms with Crippen molar-refractivity contribution in [3.05, 3.63) is 52.6 Å². The van der Waals surface area contributed by atoms with E-state index in [1.165, 1.54) is 6.07 Å². The number of nitrogens with one attached hydrogen (secondary N) is 1. The quantitative estimate of drug-likeness (QED) is 0.373. The average Bonchev–Trinajstić information content (AvgIpc) is 3.26. The minimum absolute atomic E-state index is 0.156. The summed E-state index contributed by atoms with van der Waals surface area (Å²) in [6.07, 6.45) is 1.43. The molecule has 0 aliphatic carbocycles. The number of fused-ring (bicyclic) bond motifs is 1. The van der Waals surface area contributed by atoms with Crippen molar-refractivity contribution < 1.29 is 19.4 Å². The first-order chi connectivity index (χ1) is 16.8.